The summed E-state index contributed by atoms with van der Waals surface area (Å²) in [5.41, 5.74) is 1.38. The van der Waals surface area contributed by atoms with E-state index in [0.29, 0.717) is 5.56 Å². The van der Waals surface area contributed by atoms with Gasteiger partial charge in [0.05, 0.1) is 12.6 Å². The van der Waals surface area contributed by atoms with Crippen molar-refractivity contribution in [3.8, 4) is 0 Å². The third-order valence-corrected chi connectivity index (χ3v) is 6.23. The quantitative estimate of drug-likeness (QED) is 0.667. The molecule has 6 heteroatoms. The van der Waals surface area contributed by atoms with Gasteiger partial charge in [-0.05, 0) is 42.1 Å². The first-order chi connectivity index (χ1) is 13.5. The summed E-state index contributed by atoms with van der Waals surface area (Å²) in [7, 11) is 0. The zero-order chi connectivity index (χ0) is 19.7. The molecule has 0 bridgehead atoms. The molecule has 1 saturated heterocycles. The highest BCUT2D eigenvalue weighted by Gasteiger charge is 2.28. The topological polar surface area (TPSA) is 66.5 Å². The van der Waals surface area contributed by atoms with Crippen molar-refractivity contribution in [2.24, 2.45) is 0 Å². The van der Waals surface area contributed by atoms with Crippen LogP contribution in [0.3, 0.4) is 0 Å². The van der Waals surface area contributed by atoms with Crippen LogP contribution in [-0.2, 0) is 16.1 Å². The number of hydrogen-bond donors (Lipinski definition) is 1. The second kappa shape index (κ2) is 7.56. The molecule has 0 saturated carbocycles. The summed E-state index contributed by atoms with van der Waals surface area (Å²) in [5.74, 6) is -0.419. The third kappa shape index (κ3) is 3.68. The summed E-state index contributed by atoms with van der Waals surface area (Å²) in [6.45, 7) is 2.24. The van der Waals surface area contributed by atoms with Gasteiger partial charge < -0.3 is 5.32 Å². The number of thiophene rings is 1. The first-order valence-electron chi connectivity index (χ1n) is 9.23. The predicted octanol–water partition coefficient (Wildman–Crippen LogP) is 4.04. The van der Waals surface area contributed by atoms with Gasteiger partial charge in [0, 0.05) is 28.0 Å². The number of amides is 3. The minimum absolute atomic E-state index is 0.0931. The van der Waals surface area contributed by atoms with E-state index >= 15 is 0 Å². The van der Waals surface area contributed by atoms with E-state index in [-0.39, 0.29) is 43.1 Å². The summed E-state index contributed by atoms with van der Waals surface area (Å²) in [5, 5.41) is 4.21. The monoisotopic (exact) mass is 392 g/mol. The lowest BCUT2D eigenvalue weighted by Gasteiger charge is -2.15. The van der Waals surface area contributed by atoms with Gasteiger partial charge in [0.2, 0.25) is 11.8 Å². The number of rotatable bonds is 5. The van der Waals surface area contributed by atoms with Crippen LogP contribution in [0.2, 0.25) is 0 Å². The second-order valence-electron chi connectivity index (χ2n) is 6.95. The fraction of sp³-hybridized carbons (Fsp3) is 0.227. The molecule has 2 heterocycles. The average Bonchev–Trinajstić information content (AvgIpc) is 3.27. The molecule has 142 valence electrons. The van der Waals surface area contributed by atoms with Crippen molar-refractivity contribution >= 4 is 39.1 Å². The van der Waals surface area contributed by atoms with Gasteiger partial charge in [-0.2, -0.15) is 0 Å². The number of carbonyl (C=O) groups excluding carboxylic acids is 3. The molecule has 5 nitrogen and oxygen atoms in total. The van der Waals surface area contributed by atoms with Gasteiger partial charge in [0.25, 0.3) is 5.91 Å². The Morgan fingerprint density at radius 3 is 2.43 bits per heavy atom. The van der Waals surface area contributed by atoms with Crippen LogP contribution in [0.15, 0.2) is 54.6 Å². The molecule has 1 unspecified atom stereocenters. The first-order valence-corrected chi connectivity index (χ1v) is 10.0. The summed E-state index contributed by atoms with van der Waals surface area (Å²) in [6.07, 6.45) is 0.573. The lowest BCUT2D eigenvalue weighted by molar-refractivity contribution is -0.139. The van der Waals surface area contributed by atoms with E-state index in [1.807, 2.05) is 19.1 Å². The molecule has 0 aliphatic carbocycles. The number of nitrogens with one attached hydrogen (secondary N) is 1. The Morgan fingerprint density at radius 2 is 1.75 bits per heavy atom. The molecule has 28 heavy (non-hydrogen) atoms. The maximum atomic E-state index is 12.6. The van der Waals surface area contributed by atoms with E-state index in [9.17, 15) is 14.4 Å². The van der Waals surface area contributed by atoms with Crippen LogP contribution < -0.4 is 5.32 Å². The summed E-state index contributed by atoms with van der Waals surface area (Å²) in [6, 6.07) is 17.2. The van der Waals surface area contributed by atoms with Crippen LogP contribution in [0.1, 0.15) is 46.6 Å². The SMILES string of the molecule is CC(NC(=O)c1ccc(CN2C(=O)CCC2=O)cc1)c1cc2ccccc2s1. The number of carbonyl (C=O) groups is 3. The van der Waals surface area contributed by atoms with E-state index in [4.69, 9.17) is 0 Å². The molecular weight excluding hydrogens is 372 g/mol. The highest BCUT2D eigenvalue weighted by atomic mass is 32.1. The highest BCUT2D eigenvalue weighted by Crippen LogP contribution is 2.29. The third-order valence-electron chi connectivity index (χ3n) is 4.93. The van der Waals surface area contributed by atoms with Crippen molar-refractivity contribution in [1.82, 2.24) is 10.2 Å². The molecule has 1 aromatic heterocycles. The fourth-order valence-electron chi connectivity index (χ4n) is 3.31. The van der Waals surface area contributed by atoms with Crippen molar-refractivity contribution in [3.63, 3.8) is 0 Å². The van der Waals surface area contributed by atoms with Gasteiger partial charge in [0.15, 0.2) is 0 Å². The van der Waals surface area contributed by atoms with Crippen LogP contribution in [0.4, 0.5) is 0 Å². The summed E-state index contributed by atoms with van der Waals surface area (Å²) in [4.78, 5) is 38.4. The van der Waals surface area contributed by atoms with Crippen LogP contribution in [0.5, 0.6) is 0 Å². The number of imide groups is 1. The number of nitrogens with zero attached hydrogens (tertiary/aromatic N) is 1. The molecule has 3 aromatic rings. The minimum Gasteiger partial charge on any atom is -0.345 e. The predicted molar refractivity (Wildman–Crippen MR) is 109 cm³/mol. The molecular formula is C22H20N2O3S. The Labute approximate surface area is 167 Å². The lowest BCUT2D eigenvalue weighted by Crippen LogP contribution is -2.28. The average molecular weight is 392 g/mol. The van der Waals surface area contributed by atoms with E-state index in [1.165, 1.54) is 15.0 Å². The fourth-order valence-corrected chi connectivity index (χ4v) is 4.38. The standard InChI is InChI=1S/C22H20N2O3S/c1-14(19-12-17-4-2-3-5-18(17)28-19)23-22(27)16-8-6-15(7-9-16)13-24-20(25)10-11-21(24)26/h2-9,12,14H,10-11,13H2,1H3,(H,23,27). The molecule has 2 aromatic carbocycles. The van der Waals surface area contributed by atoms with Gasteiger partial charge >= 0.3 is 0 Å². The van der Waals surface area contributed by atoms with Crippen LogP contribution in [0, 0.1) is 0 Å². The Balaban J connectivity index is 1.41. The smallest absolute Gasteiger partial charge is 0.251 e. The number of benzene rings is 2. The normalized spacial score (nSPS) is 15.2. The van der Waals surface area contributed by atoms with Crippen LogP contribution >= 0.6 is 11.3 Å². The minimum atomic E-state index is -0.148. The highest BCUT2D eigenvalue weighted by molar-refractivity contribution is 7.19. The van der Waals surface area contributed by atoms with E-state index in [0.717, 1.165) is 10.4 Å². The molecule has 1 N–H and O–H groups in total. The molecule has 1 fully saturated rings. The first kappa shape index (κ1) is 18.4. The number of fused-ring (bicyclic) bond motifs is 1. The molecule has 0 spiro atoms. The molecule has 1 atom stereocenters. The van der Waals surface area contributed by atoms with E-state index in [1.54, 1.807) is 35.6 Å². The maximum absolute atomic E-state index is 12.6. The van der Waals surface area contributed by atoms with Crippen LogP contribution in [0.25, 0.3) is 10.1 Å². The van der Waals surface area contributed by atoms with Gasteiger partial charge in [-0.1, -0.05) is 30.3 Å². The van der Waals surface area contributed by atoms with Crippen LogP contribution in [-0.4, -0.2) is 22.6 Å². The number of likely N-dealkylation sites (tertiary alicyclic amines) is 1. The number of hydrogen-bond acceptors (Lipinski definition) is 4. The Bertz CT molecular complexity index is 1010. The van der Waals surface area contributed by atoms with Gasteiger partial charge in [-0.3, -0.25) is 19.3 Å². The summed E-state index contributed by atoms with van der Waals surface area (Å²) >= 11 is 1.68. The van der Waals surface area contributed by atoms with Crippen molar-refractivity contribution in [1.29, 1.82) is 0 Å². The molecule has 1 aliphatic heterocycles. The van der Waals surface area contributed by atoms with Crippen molar-refractivity contribution in [3.05, 3.63) is 70.6 Å². The van der Waals surface area contributed by atoms with Crippen molar-refractivity contribution in [2.75, 3.05) is 0 Å². The van der Waals surface area contributed by atoms with Crippen molar-refractivity contribution < 1.29 is 14.4 Å². The lowest BCUT2D eigenvalue weighted by atomic mass is 10.1. The molecule has 3 amide bonds. The molecule has 4 rings (SSSR count). The zero-order valence-corrected chi connectivity index (χ0v) is 16.3. The van der Waals surface area contributed by atoms with E-state index < -0.39 is 0 Å². The van der Waals surface area contributed by atoms with Gasteiger partial charge in [0.1, 0.15) is 0 Å². The Hall–Kier alpha value is -2.99. The largest absolute Gasteiger partial charge is 0.345 e. The molecule has 1 aliphatic rings. The zero-order valence-electron chi connectivity index (χ0n) is 15.5. The van der Waals surface area contributed by atoms with Crippen molar-refractivity contribution in [2.45, 2.75) is 32.4 Å². The Morgan fingerprint density at radius 1 is 1.07 bits per heavy atom. The van der Waals surface area contributed by atoms with Gasteiger partial charge in [-0.25, -0.2) is 0 Å². The van der Waals surface area contributed by atoms with E-state index in [2.05, 4.69) is 23.5 Å². The maximum Gasteiger partial charge on any atom is 0.251 e. The Kier molecular flexibility index (Phi) is 4.96. The van der Waals surface area contributed by atoms with Gasteiger partial charge in [-0.15, -0.1) is 11.3 Å². The second-order valence-corrected chi connectivity index (χ2v) is 8.07. The molecule has 0 radical (unpaired) electrons. The summed E-state index contributed by atoms with van der Waals surface area (Å²) < 4.78 is 1.20.